The van der Waals surface area contributed by atoms with Crippen molar-refractivity contribution in [2.45, 2.75) is 117 Å². The first-order valence-electron chi connectivity index (χ1n) is 11.1. The van der Waals surface area contributed by atoms with Crippen LogP contribution in [-0.4, -0.2) is 0 Å². The zero-order valence-electron chi connectivity index (χ0n) is 16.5. The standard InChI is InChI=1S/C23H41N/c1-3-5-7-8-10-15-23(19-24)16-14-21-17-20(11-9-6-4-2)12-13-22(21)18-23/h20-22H,3-18H2,1-2H3/t20-,21+,22?,23-/m0/s1. The van der Waals surface area contributed by atoms with Gasteiger partial charge in [-0.1, -0.05) is 78.1 Å². The molecule has 24 heavy (non-hydrogen) atoms. The highest BCUT2D eigenvalue weighted by molar-refractivity contribution is 5.04. The van der Waals surface area contributed by atoms with E-state index in [1.165, 1.54) is 103 Å². The van der Waals surface area contributed by atoms with Crippen LogP contribution >= 0.6 is 0 Å². The minimum absolute atomic E-state index is 0.0441. The fraction of sp³-hybridized carbons (Fsp3) is 0.957. The van der Waals surface area contributed by atoms with Crippen LogP contribution in [0.15, 0.2) is 0 Å². The summed E-state index contributed by atoms with van der Waals surface area (Å²) in [5, 5.41) is 9.88. The Labute approximate surface area is 151 Å². The molecule has 0 radical (unpaired) electrons. The second kappa shape index (κ2) is 10.5. The van der Waals surface area contributed by atoms with Gasteiger partial charge in [0.05, 0.1) is 11.5 Å². The van der Waals surface area contributed by atoms with Gasteiger partial charge in [0, 0.05) is 0 Å². The highest BCUT2D eigenvalue weighted by atomic mass is 14.5. The number of hydrogen-bond donors (Lipinski definition) is 0. The maximum absolute atomic E-state index is 9.88. The molecule has 2 rings (SSSR count). The van der Waals surface area contributed by atoms with Gasteiger partial charge in [0.1, 0.15) is 0 Å². The van der Waals surface area contributed by atoms with E-state index in [4.69, 9.17) is 0 Å². The Morgan fingerprint density at radius 3 is 2.38 bits per heavy atom. The Morgan fingerprint density at radius 1 is 0.875 bits per heavy atom. The SMILES string of the molecule is CCCCCCC[C@]1(C#N)CC[C@@H]2C[C@@H](CCCCC)CCC2C1. The maximum atomic E-state index is 9.88. The Bertz CT molecular complexity index is 382. The van der Waals surface area contributed by atoms with Gasteiger partial charge in [-0.15, -0.1) is 0 Å². The summed E-state index contributed by atoms with van der Waals surface area (Å²) in [6.07, 6.45) is 21.6. The third-order valence-corrected chi connectivity index (χ3v) is 7.11. The van der Waals surface area contributed by atoms with E-state index in [1.807, 2.05) is 0 Å². The molecule has 2 aliphatic rings. The van der Waals surface area contributed by atoms with Gasteiger partial charge in [-0.25, -0.2) is 0 Å². The Kier molecular flexibility index (Phi) is 8.65. The highest BCUT2D eigenvalue weighted by Gasteiger charge is 2.42. The van der Waals surface area contributed by atoms with Gasteiger partial charge in [-0.2, -0.15) is 5.26 Å². The monoisotopic (exact) mass is 331 g/mol. The second-order valence-electron chi connectivity index (χ2n) is 8.99. The van der Waals surface area contributed by atoms with Gasteiger partial charge < -0.3 is 0 Å². The highest BCUT2D eigenvalue weighted by Crippen LogP contribution is 2.51. The largest absolute Gasteiger partial charge is 0.198 e. The fourth-order valence-corrected chi connectivity index (χ4v) is 5.51. The van der Waals surface area contributed by atoms with E-state index in [0.717, 1.165) is 17.8 Å². The van der Waals surface area contributed by atoms with Crippen LogP contribution in [0.3, 0.4) is 0 Å². The lowest BCUT2D eigenvalue weighted by atomic mass is 9.58. The first-order chi connectivity index (χ1) is 11.7. The van der Waals surface area contributed by atoms with Crippen molar-refractivity contribution in [3.63, 3.8) is 0 Å². The normalized spacial score (nSPS) is 33.0. The molecule has 0 saturated heterocycles. The van der Waals surface area contributed by atoms with E-state index in [0.29, 0.717) is 0 Å². The summed E-state index contributed by atoms with van der Waals surface area (Å²) in [4.78, 5) is 0. The van der Waals surface area contributed by atoms with E-state index in [9.17, 15) is 5.26 Å². The van der Waals surface area contributed by atoms with Crippen LogP contribution in [0.25, 0.3) is 0 Å². The third kappa shape index (κ3) is 5.79. The van der Waals surface area contributed by atoms with Crippen LogP contribution in [0.4, 0.5) is 0 Å². The van der Waals surface area contributed by atoms with E-state index in [-0.39, 0.29) is 5.41 Å². The molecule has 1 unspecified atom stereocenters. The molecule has 0 aliphatic heterocycles. The lowest BCUT2D eigenvalue weighted by molar-refractivity contribution is 0.0615. The first kappa shape index (κ1) is 19.8. The van der Waals surface area contributed by atoms with Crippen LogP contribution in [0, 0.1) is 34.5 Å². The van der Waals surface area contributed by atoms with Crippen molar-refractivity contribution in [3.8, 4) is 6.07 Å². The van der Waals surface area contributed by atoms with Crippen LogP contribution in [0.2, 0.25) is 0 Å². The molecule has 0 aromatic carbocycles. The zero-order valence-corrected chi connectivity index (χ0v) is 16.5. The average molecular weight is 332 g/mol. The lowest BCUT2D eigenvalue weighted by Gasteiger charge is -2.45. The third-order valence-electron chi connectivity index (χ3n) is 7.11. The Morgan fingerprint density at radius 2 is 1.62 bits per heavy atom. The number of nitrogens with zero attached hydrogens (tertiary/aromatic N) is 1. The topological polar surface area (TPSA) is 23.8 Å². The number of hydrogen-bond acceptors (Lipinski definition) is 1. The molecule has 0 heterocycles. The minimum Gasteiger partial charge on any atom is -0.198 e. The molecule has 0 spiro atoms. The molecule has 1 heteroatoms. The number of unbranched alkanes of at least 4 members (excludes halogenated alkanes) is 6. The molecule has 2 saturated carbocycles. The summed E-state index contributed by atoms with van der Waals surface area (Å²) < 4.78 is 0. The van der Waals surface area contributed by atoms with Gasteiger partial charge >= 0.3 is 0 Å². The van der Waals surface area contributed by atoms with Gasteiger partial charge in [0.2, 0.25) is 0 Å². The van der Waals surface area contributed by atoms with E-state index < -0.39 is 0 Å². The molecular weight excluding hydrogens is 290 g/mol. The quantitative estimate of drug-likeness (QED) is 0.377. The van der Waals surface area contributed by atoms with Gasteiger partial charge in [-0.3, -0.25) is 0 Å². The number of fused-ring (bicyclic) bond motifs is 1. The molecular formula is C23H41N. The van der Waals surface area contributed by atoms with Crippen molar-refractivity contribution >= 4 is 0 Å². The predicted octanol–water partition coefficient (Wildman–Crippen LogP) is 7.65. The van der Waals surface area contributed by atoms with E-state index in [1.54, 1.807) is 0 Å². The van der Waals surface area contributed by atoms with Crippen molar-refractivity contribution < 1.29 is 0 Å². The number of nitriles is 1. The molecule has 4 atom stereocenters. The van der Waals surface area contributed by atoms with Gasteiger partial charge in [0.15, 0.2) is 0 Å². The molecule has 2 fully saturated rings. The van der Waals surface area contributed by atoms with Crippen molar-refractivity contribution in [2.75, 3.05) is 0 Å². The first-order valence-corrected chi connectivity index (χ1v) is 11.1. The molecule has 2 aliphatic carbocycles. The molecule has 0 aromatic heterocycles. The summed E-state index contributed by atoms with van der Waals surface area (Å²) in [7, 11) is 0. The summed E-state index contributed by atoms with van der Waals surface area (Å²) in [5.41, 5.74) is 0.0441. The molecule has 1 nitrogen and oxygen atoms in total. The second-order valence-corrected chi connectivity index (χ2v) is 8.99. The summed E-state index contributed by atoms with van der Waals surface area (Å²) in [5.74, 6) is 2.82. The van der Waals surface area contributed by atoms with Crippen LogP contribution in [0.5, 0.6) is 0 Å². The van der Waals surface area contributed by atoms with Gasteiger partial charge in [-0.05, 0) is 56.3 Å². The Hall–Kier alpha value is -0.510. The molecule has 0 aromatic rings. The van der Waals surface area contributed by atoms with E-state index >= 15 is 0 Å². The zero-order chi connectivity index (χ0) is 17.3. The van der Waals surface area contributed by atoms with E-state index in [2.05, 4.69) is 19.9 Å². The summed E-state index contributed by atoms with van der Waals surface area (Å²) >= 11 is 0. The van der Waals surface area contributed by atoms with Gasteiger partial charge in [0.25, 0.3) is 0 Å². The smallest absolute Gasteiger partial charge is 0.0689 e. The maximum Gasteiger partial charge on any atom is 0.0689 e. The number of rotatable bonds is 10. The van der Waals surface area contributed by atoms with Crippen LogP contribution in [-0.2, 0) is 0 Å². The average Bonchev–Trinajstić information content (AvgIpc) is 2.62. The van der Waals surface area contributed by atoms with Crippen molar-refractivity contribution in [2.24, 2.45) is 23.2 Å². The molecule has 0 N–H and O–H groups in total. The summed E-state index contributed by atoms with van der Waals surface area (Å²) in [6, 6.07) is 2.79. The molecule has 0 bridgehead atoms. The van der Waals surface area contributed by atoms with Crippen LogP contribution < -0.4 is 0 Å². The summed E-state index contributed by atoms with van der Waals surface area (Å²) in [6.45, 7) is 4.58. The van der Waals surface area contributed by atoms with Crippen molar-refractivity contribution in [1.82, 2.24) is 0 Å². The van der Waals surface area contributed by atoms with Crippen molar-refractivity contribution in [3.05, 3.63) is 0 Å². The predicted molar refractivity (Wildman–Crippen MR) is 104 cm³/mol. The Balaban J connectivity index is 1.76. The van der Waals surface area contributed by atoms with Crippen LogP contribution in [0.1, 0.15) is 117 Å². The fourth-order valence-electron chi connectivity index (χ4n) is 5.51. The molecule has 0 amide bonds. The van der Waals surface area contributed by atoms with Crippen molar-refractivity contribution in [1.29, 1.82) is 5.26 Å². The minimum atomic E-state index is 0.0441. The lowest BCUT2D eigenvalue weighted by Crippen LogP contribution is -2.36. The molecule has 138 valence electrons.